The zero-order chi connectivity index (χ0) is 15.6. The molecule has 7 nitrogen and oxygen atoms in total. The van der Waals surface area contributed by atoms with Crippen molar-refractivity contribution in [2.75, 3.05) is 6.54 Å². The molecule has 0 aliphatic carbocycles. The number of nitrogens with one attached hydrogen (secondary N) is 1. The van der Waals surface area contributed by atoms with E-state index in [1.54, 1.807) is 4.68 Å². The van der Waals surface area contributed by atoms with Crippen LogP contribution in [0, 0.1) is 5.92 Å². The van der Waals surface area contributed by atoms with E-state index >= 15 is 0 Å². The van der Waals surface area contributed by atoms with E-state index in [1.807, 2.05) is 27.1 Å². The molecule has 1 saturated heterocycles. The molecule has 0 aromatic carbocycles. The van der Waals surface area contributed by atoms with E-state index in [4.69, 9.17) is 0 Å². The molecule has 2 rings (SSSR count). The third-order valence-corrected chi connectivity index (χ3v) is 3.97. The number of amides is 2. The monoisotopic (exact) mass is 294 g/mol. The van der Waals surface area contributed by atoms with Crippen LogP contribution in [-0.2, 0) is 24.8 Å². The van der Waals surface area contributed by atoms with Crippen molar-refractivity contribution in [1.29, 1.82) is 0 Å². The fourth-order valence-electron chi connectivity index (χ4n) is 2.85. The second kappa shape index (κ2) is 6.15. The predicted octanol–water partition coefficient (Wildman–Crippen LogP) is 0.987. The Kier molecular flexibility index (Phi) is 4.50. The molecule has 2 heterocycles. The van der Waals surface area contributed by atoms with Gasteiger partial charge in [-0.1, -0.05) is 13.8 Å². The lowest BCUT2D eigenvalue weighted by atomic mass is 10.0. The summed E-state index contributed by atoms with van der Waals surface area (Å²) >= 11 is 0. The second-order valence-electron chi connectivity index (χ2n) is 5.53. The summed E-state index contributed by atoms with van der Waals surface area (Å²) in [5.41, 5.74) is 1.91. The fourth-order valence-corrected chi connectivity index (χ4v) is 2.85. The number of aliphatic carboxylic acids is 1. The SMILES string of the molecule is CCc1nn(C)cc1CNC(=O)N1CCC(C)C1C(=O)O. The summed E-state index contributed by atoms with van der Waals surface area (Å²) < 4.78 is 1.72. The molecule has 116 valence electrons. The zero-order valence-corrected chi connectivity index (χ0v) is 12.7. The van der Waals surface area contributed by atoms with Crippen molar-refractivity contribution in [3.8, 4) is 0 Å². The predicted molar refractivity (Wildman–Crippen MR) is 76.7 cm³/mol. The third-order valence-electron chi connectivity index (χ3n) is 3.97. The van der Waals surface area contributed by atoms with Crippen LogP contribution < -0.4 is 5.32 Å². The van der Waals surface area contributed by atoms with Crippen LogP contribution in [0.1, 0.15) is 31.5 Å². The Labute approximate surface area is 123 Å². The summed E-state index contributed by atoms with van der Waals surface area (Å²) in [4.78, 5) is 24.9. The zero-order valence-electron chi connectivity index (χ0n) is 12.7. The maximum atomic E-state index is 12.2. The number of nitrogens with zero attached hydrogens (tertiary/aromatic N) is 3. The summed E-state index contributed by atoms with van der Waals surface area (Å²) in [5.74, 6) is -0.955. The van der Waals surface area contributed by atoms with E-state index in [1.165, 1.54) is 4.90 Å². The van der Waals surface area contributed by atoms with Crippen LogP contribution in [0.4, 0.5) is 4.79 Å². The van der Waals surface area contributed by atoms with E-state index in [2.05, 4.69) is 10.4 Å². The molecule has 7 heteroatoms. The summed E-state index contributed by atoms with van der Waals surface area (Å²) in [7, 11) is 1.84. The van der Waals surface area contributed by atoms with Crippen LogP contribution in [-0.4, -0.2) is 44.4 Å². The van der Waals surface area contributed by atoms with E-state index in [0.29, 0.717) is 13.1 Å². The topological polar surface area (TPSA) is 87.5 Å². The fraction of sp³-hybridized carbons (Fsp3) is 0.643. The normalized spacial score (nSPS) is 21.6. The number of hydrogen-bond donors (Lipinski definition) is 2. The maximum Gasteiger partial charge on any atom is 0.326 e. The summed E-state index contributed by atoms with van der Waals surface area (Å²) in [6, 6.07) is -1.05. The Balaban J connectivity index is 2.00. The minimum Gasteiger partial charge on any atom is -0.480 e. The quantitative estimate of drug-likeness (QED) is 0.867. The maximum absolute atomic E-state index is 12.2. The van der Waals surface area contributed by atoms with Crippen molar-refractivity contribution in [3.63, 3.8) is 0 Å². The summed E-state index contributed by atoms with van der Waals surface area (Å²) in [6.45, 7) is 4.73. The van der Waals surface area contributed by atoms with Crippen molar-refractivity contribution in [2.24, 2.45) is 13.0 Å². The van der Waals surface area contributed by atoms with Gasteiger partial charge in [-0.3, -0.25) is 4.68 Å². The Morgan fingerprint density at radius 2 is 2.24 bits per heavy atom. The van der Waals surface area contributed by atoms with Crippen LogP contribution in [0.15, 0.2) is 6.20 Å². The number of carboxylic acid groups (broad SMARTS) is 1. The summed E-state index contributed by atoms with van der Waals surface area (Å²) in [6.07, 6.45) is 3.39. The van der Waals surface area contributed by atoms with Gasteiger partial charge in [0.1, 0.15) is 6.04 Å². The van der Waals surface area contributed by atoms with Crippen LogP contribution in [0.3, 0.4) is 0 Å². The molecule has 2 unspecified atom stereocenters. The van der Waals surface area contributed by atoms with Crippen molar-refractivity contribution in [2.45, 2.75) is 39.3 Å². The minimum absolute atomic E-state index is 0.0159. The van der Waals surface area contributed by atoms with Gasteiger partial charge in [0.15, 0.2) is 0 Å². The summed E-state index contributed by atoms with van der Waals surface area (Å²) in [5, 5.41) is 16.4. The van der Waals surface area contributed by atoms with E-state index in [-0.39, 0.29) is 11.9 Å². The molecule has 1 aromatic heterocycles. The molecular weight excluding hydrogens is 272 g/mol. The molecule has 0 bridgehead atoms. The van der Waals surface area contributed by atoms with Crippen LogP contribution >= 0.6 is 0 Å². The Hall–Kier alpha value is -2.05. The third kappa shape index (κ3) is 3.17. The number of aromatic nitrogens is 2. The first-order valence-corrected chi connectivity index (χ1v) is 7.22. The van der Waals surface area contributed by atoms with Gasteiger partial charge in [-0.25, -0.2) is 9.59 Å². The molecule has 0 spiro atoms. The lowest BCUT2D eigenvalue weighted by Crippen LogP contribution is -2.47. The van der Waals surface area contributed by atoms with Crippen molar-refractivity contribution in [1.82, 2.24) is 20.0 Å². The van der Waals surface area contributed by atoms with Gasteiger partial charge in [0.25, 0.3) is 0 Å². The highest BCUT2D eigenvalue weighted by atomic mass is 16.4. The number of carboxylic acids is 1. The number of likely N-dealkylation sites (tertiary alicyclic amines) is 1. The molecule has 2 N–H and O–H groups in total. The van der Waals surface area contributed by atoms with E-state index < -0.39 is 12.0 Å². The van der Waals surface area contributed by atoms with Gasteiger partial charge in [-0.2, -0.15) is 5.10 Å². The molecule has 1 aliphatic rings. The standard InChI is InChI=1S/C14H22N4O3/c1-4-11-10(8-17(3)16-11)7-15-14(21)18-6-5-9(2)12(18)13(19)20/h8-9,12H,4-7H2,1-3H3,(H,15,21)(H,19,20). The highest BCUT2D eigenvalue weighted by Crippen LogP contribution is 2.24. The molecule has 2 atom stereocenters. The van der Waals surface area contributed by atoms with Gasteiger partial charge in [-0.05, 0) is 18.8 Å². The number of aryl methyl sites for hydroxylation is 2. The molecule has 2 amide bonds. The molecule has 1 aliphatic heterocycles. The lowest BCUT2D eigenvalue weighted by Gasteiger charge is -2.23. The number of carbonyl (C=O) groups is 2. The smallest absolute Gasteiger partial charge is 0.326 e. The average molecular weight is 294 g/mol. The van der Waals surface area contributed by atoms with Gasteiger partial charge in [0.2, 0.25) is 0 Å². The number of rotatable bonds is 4. The van der Waals surface area contributed by atoms with Crippen molar-refractivity contribution in [3.05, 3.63) is 17.5 Å². The number of hydrogen-bond acceptors (Lipinski definition) is 3. The van der Waals surface area contributed by atoms with Crippen molar-refractivity contribution >= 4 is 12.0 Å². The second-order valence-corrected chi connectivity index (χ2v) is 5.53. The molecule has 0 radical (unpaired) electrons. The van der Waals surface area contributed by atoms with Crippen LogP contribution in [0.2, 0.25) is 0 Å². The van der Waals surface area contributed by atoms with Crippen molar-refractivity contribution < 1.29 is 14.7 Å². The average Bonchev–Trinajstić information content (AvgIpc) is 2.98. The Morgan fingerprint density at radius 1 is 1.52 bits per heavy atom. The first kappa shape index (κ1) is 15.3. The Morgan fingerprint density at radius 3 is 2.86 bits per heavy atom. The first-order valence-electron chi connectivity index (χ1n) is 7.22. The Bertz CT molecular complexity index is 540. The molecule has 1 fully saturated rings. The minimum atomic E-state index is -0.939. The first-order chi connectivity index (χ1) is 9.93. The number of urea groups is 1. The van der Waals surface area contributed by atoms with Gasteiger partial charge >= 0.3 is 12.0 Å². The van der Waals surface area contributed by atoms with Gasteiger partial charge in [0.05, 0.1) is 5.69 Å². The lowest BCUT2D eigenvalue weighted by molar-refractivity contribution is -0.142. The van der Waals surface area contributed by atoms with Crippen LogP contribution in [0.5, 0.6) is 0 Å². The highest BCUT2D eigenvalue weighted by molar-refractivity contribution is 5.83. The molecule has 1 aromatic rings. The molecule has 0 saturated carbocycles. The largest absolute Gasteiger partial charge is 0.480 e. The molecular formula is C14H22N4O3. The van der Waals surface area contributed by atoms with Gasteiger partial charge in [-0.15, -0.1) is 0 Å². The van der Waals surface area contributed by atoms with Gasteiger partial charge < -0.3 is 15.3 Å². The highest BCUT2D eigenvalue weighted by Gasteiger charge is 2.39. The van der Waals surface area contributed by atoms with Gasteiger partial charge in [0, 0.05) is 31.9 Å². The van der Waals surface area contributed by atoms with E-state index in [0.717, 1.165) is 24.1 Å². The van der Waals surface area contributed by atoms with E-state index in [9.17, 15) is 14.7 Å². The molecule has 21 heavy (non-hydrogen) atoms. The number of carbonyl (C=O) groups excluding carboxylic acids is 1. The van der Waals surface area contributed by atoms with Crippen LogP contribution in [0.25, 0.3) is 0 Å².